The molecule has 0 saturated heterocycles. The van der Waals surface area contributed by atoms with Crippen LogP contribution in [0, 0.1) is 10.8 Å². The van der Waals surface area contributed by atoms with Crippen molar-refractivity contribution in [2.24, 2.45) is 10.8 Å². The van der Waals surface area contributed by atoms with Crippen LogP contribution in [0.15, 0.2) is 0 Å². The van der Waals surface area contributed by atoms with Crippen molar-refractivity contribution in [1.29, 1.82) is 0 Å². The summed E-state index contributed by atoms with van der Waals surface area (Å²) in [5, 5.41) is 19.1. The third kappa shape index (κ3) is 4.44. The smallest absolute Gasteiger partial charge is 0.0540 e. The van der Waals surface area contributed by atoms with Crippen LogP contribution in [0.2, 0.25) is 0 Å². The minimum absolute atomic E-state index is 0.0922. The van der Waals surface area contributed by atoms with Gasteiger partial charge >= 0.3 is 0 Å². The molecule has 0 atom stereocenters. The summed E-state index contributed by atoms with van der Waals surface area (Å²) >= 11 is 0. The molecule has 0 amide bonds. The van der Waals surface area contributed by atoms with Gasteiger partial charge < -0.3 is 14.9 Å². The maximum Gasteiger partial charge on any atom is 0.0540 e. The number of hydrogen-bond donors (Lipinski definition) is 2. The molecular formula is C16H30O3. The number of hydrogen-bond acceptors (Lipinski definition) is 3. The van der Waals surface area contributed by atoms with Crippen molar-refractivity contribution in [3.63, 3.8) is 0 Å². The van der Waals surface area contributed by atoms with E-state index in [4.69, 9.17) is 4.74 Å². The summed E-state index contributed by atoms with van der Waals surface area (Å²) in [6.07, 6.45) is 7.79. The summed E-state index contributed by atoms with van der Waals surface area (Å²) in [6.45, 7) is 6.20. The van der Waals surface area contributed by atoms with Crippen molar-refractivity contribution in [3.8, 4) is 0 Å². The van der Waals surface area contributed by atoms with E-state index in [-0.39, 0.29) is 23.0 Å². The minimum Gasteiger partial charge on any atom is -0.393 e. The van der Waals surface area contributed by atoms with Gasteiger partial charge in [0.1, 0.15) is 0 Å². The van der Waals surface area contributed by atoms with Crippen molar-refractivity contribution in [2.45, 2.75) is 77.4 Å². The first-order chi connectivity index (χ1) is 8.91. The molecule has 2 saturated carbocycles. The Morgan fingerprint density at radius 3 is 1.42 bits per heavy atom. The Labute approximate surface area is 117 Å². The predicted molar refractivity (Wildman–Crippen MR) is 76.0 cm³/mol. The Balaban J connectivity index is 1.71. The average Bonchev–Trinajstić information content (AvgIpc) is 2.38. The van der Waals surface area contributed by atoms with Crippen LogP contribution in [-0.4, -0.2) is 35.6 Å². The van der Waals surface area contributed by atoms with E-state index in [1.165, 1.54) is 0 Å². The molecule has 0 aromatic carbocycles. The number of ether oxygens (including phenoxy) is 1. The van der Waals surface area contributed by atoms with Crippen LogP contribution in [0.25, 0.3) is 0 Å². The molecule has 0 bridgehead atoms. The molecule has 3 heteroatoms. The first kappa shape index (κ1) is 15.3. The summed E-state index contributed by atoms with van der Waals surface area (Å²) in [4.78, 5) is 0. The molecule has 2 N–H and O–H groups in total. The summed E-state index contributed by atoms with van der Waals surface area (Å²) in [6, 6.07) is 0. The molecule has 112 valence electrons. The average molecular weight is 270 g/mol. The molecule has 0 aromatic rings. The van der Waals surface area contributed by atoms with E-state index in [9.17, 15) is 10.2 Å². The van der Waals surface area contributed by atoms with Crippen LogP contribution in [-0.2, 0) is 4.74 Å². The highest BCUT2D eigenvalue weighted by Crippen LogP contribution is 2.39. The quantitative estimate of drug-likeness (QED) is 0.826. The predicted octanol–water partition coefficient (Wildman–Crippen LogP) is 2.89. The molecule has 2 fully saturated rings. The standard InChI is InChI=1S/C16H30O3/c1-15(7-3-13(17)4-8-15)11-19-12-16(2)9-5-14(18)6-10-16/h13-14,17-18H,3-12H2,1-2H3. The molecule has 19 heavy (non-hydrogen) atoms. The number of aliphatic hydroxyl groups is 2. The van der Waals surface area contributed by atoms with Gasteiger partial charge in [-0.15, -0.1) is 0 Å². The van der Waals surface area contributed by atoms with Crippen LogP contribution in [0.1, 0.15) is 65.2 Å². The highest BCUT2D eigenvalue weighted by molar-refractivity contribution is 4.84. The van der Waals surface area contributed by atoms with Gasteiger partial charge in [-0.25, -0.2) is 0 Å². The van der Waals surface area contributed by atoms with Gasteiger partial charge in [-0.3, -0.25) is 0 Å². The fraction of sp³-hybridized carbons (Fsp3) is 1.00. The fourth-order valence-electron chi connectivity index (χ4n) is 3.43. The number of rotatable bonds is 4. The van der Waals surface area contributed by atoms with Gasteiger partial charge in [0.25, 0.3) is 0 Å². The van der Waals surface area contributed by atoms with E-state index in [1.54, 1.807) is 0 Å². The Bertz CT molecular complexity index is 246. The maximum absolute atomic E-state index is 9.57. The maximum atomic E-state index is 9.57. The van der Waals surface area contributed by atoms with E-state index in [2.05, 4.69) is 13.8 Å². The Hall–Kier alpha value is -0.120. The molecule has 0 aliphatic heterocycles. The van der Waals surface area contributed by atoms with Gasteiger partial charge in [-0.1, -0.05) is 13.8 Å². The molecule has 0 unspecified atom stereocenters. The Kier molecular flexibility index (Phi) is 4.91. The van der Waals surface area contributed by atoms with Crippen LogP contribution < -0.4 is 0 Å². The summed E-state index contributed by atoms with van der Waals surface area (Å²) in [5.74, 6) is 0. The normalized spacial score (nSPS) is 44.2. The molecule has 2 rings (SSSR count). The van der Waals surface area contributed by atoms with Crippen molar-refractivity contribution >= 4 is 0 Å². The highest BCUT2D eigenvalue weighted by atomic mass is 16.5. The largest absolute Gasteiger partial charge is 0.393 e. The fourth-order valence-corrected chi connectivity index (χ4v) is 3.43. The SMILES string of the molecule is CC1(COCC2(C)CCC(O)CC2)CCC(O)CC1. The summed E-state index contributed by atoms with van der Waals surface area (Å²) in [7, 11) is 0. The third-order valence-corrected chi connectivity index (χ3v) is 5.23. The molecule has 0 aromatic heterocycles. The van der Waals surface area contributed by atoms with Crippen LogP contribution in [0.4, 0.5) is 0 Å². The minimum atomic E-state index is -0.0922. The first-order valence-electron chi connectivity index (χ1n) is 7.85. The van der Waals surface area contributed by atoms with Gasteiger partial charge in [-0.05, 0) is 62.2 Å². The lowest BCUT2D eigenvalue weighted by Crippen LogP contribution is -2.35. The second-order valence-corrected chi connectivity index (χ2v) is 7.58. The third-order valence-electron chi connectivity index (χ3n) is 5.23. The summed E-state index contributed by atoms with van der Waals surface area (Å²) in [5.41, 5.74) is 0.507. The van der Waals surface area contributed by atoms with E-state index >= 15 is 0 Å². The lowest BCUT2D eigenvalue weighted by molar-refractivity contribution is -0.0449. The van der Waals surface area contributed by atoms with Gasteiger partial charge in [0.15, 0.2) is 0 Å². The van der Waals surface area contributed by atoms with E-state index in [0.29, 0.717) is 0 Å². The second kappa shape index (κ2) is 6.11. The van der Waals surface area contributed by atoms with Crippen molar-refractivity contribution in [3.05, 3.63) is 0 Å². The molecular weight excluding hydrogens is 240 g/mol. The van der Waals surface area contributed by atoms with Crippen molar-refractivity contribution in [2.75, 3.05) is 13.2 Å². The zero-order chi connectivity index (χ0) is 13.9. The summed E-state index contributed by atoms with van der Waals surface area (Å²) < 4.78 is 6.03. The molecule has 3 nitrogen and oxygen atoms in total. The Morgan fingerprint density at radius 1 is 0.789 bits per heavy atom. The number of aliphatic hydroxyl groups excluding tert-OH is 2. The second-order valence-electron chi connectivity index (χ2n) is 7.58. The van der Waals surface area contributed by atoms with Crippen molar-refractivity contribution < 1.29 is 14.9 Å². The molecule has 0 spiro atoms. The highest BCUT2D eigenvalue weighted by Gasteiger charge is 2.33. The van der Waals surface area contributed by atoms with E-state index < -0.39 is 0 Å². The Morgan fingerprint density at radius 2 is 1.11 bits per heavy atom. The van der Waals surface area contributed by atoms with E-state index in [1.807, 2.05) is 0 Å². The van der Waals surface area contributed by atoms with Crippen LogP contribution in [0.5, 0.6) is 0 Å². The van der Waals surface area contributed by atoms with Gasteiger partial charge in [0, 0.05) is 0 Å². The molecule has 2 aliphatic carbocycles. The first-order valence-corrected chi connectivity index (χ1v) is 7.85. The van der Waals surface area contributed by atoms with Gasteiger partial charge in [0.05, 0.1) is 25.4 Å². The molecule has 0 heterocycles. The monoisotopic (exact) mass is 270 g/mol. The molecule has 2 aliphatic rings. The van der Waals surface area contributed by atoms with Gasteiger partial charge in [-0.2, -0.15) is 0 Å². The zero-order valence-electron chi connectivity index (χ0n) is 12.5. The topological polar surface area (TPSA) is 49.7 Å². The lowest BCUT2D eigenvalue weighted by atomic mass is 9.74. The van der Waals surface area contributed by atoms with Crippen LogP contribution >= 0.6 is 0 Å². The van der Waals surface area contributed by atoms with Crippen molar-refractivity contribution in [1.82, 2.24) is 0 Å². The van der Waals surface area contributed by atoms with Gasteiger partial charge in [0.2, 0.25) is 0 Å². The van der Waals surface area contributed by atoms with E-state index in [0.717, 1.165) is 64.6 Å². The zero-order valence-corrected chi connectivity index (χ0v) is 12.5. The lowest BCUT2D eigenvalue weighted by Gasteiger charge is -2.39. The molecule has 0 radical (unpaired) electrons. The van der Waals surface area contributed by atoms with Crippen LogP contribution in [0.3, 0.4) is 0 Å².